The van der Waals surface area contributed by atoms with E-state index in [0.29, 0.717) is 17.5 Å². The molecule has 0 saturated heterocycles. The summed E-state index contributed by atoms with van der Waals surface area (Å²) < 4.78 is 15.8. The van der Waals surface area contributed by atoms with Crippen LogP contribution >= 0.6 is 7.14 Å². The number of nitrogens with zero attached hydrogens (tertiary/aromatic N) is 4. The number of hydrogen-bond acceptors (Lipinski definition) is 5. The molecule has 1 unspecified atom stereocenters. The molecule has 1 atom stereocenters. The topological polar surface area (TPSA) is 59.0 Å². The number of para-hydroxylation sites is 2. The van der Waals surface area contributed by atoms with Crippen molar-refractivity contribution in [3.63, 3.8) is 0 Å². The van der Waals surface area contributed by atoms with Crippen LogP contribution in [0.25, 0.3) is 45.3 Å². The maximum atomic E-state index is 15.8. The molecule has 8 aromatic rings. The first-order valence-corrected chi connectivity index (χ1v) is 18.6. The number of hydrogen-bond donors (Lipinski definition) is 0. The Morgan fingerprint density at radius 3 is 1.49 bits per heavy atom. The molecule has 1 aliphatic heterocycles. The van der Waals surface area contributed by atoms with Crippen molar-refractivity contribution in [2.24, 2.45) is 0 Å². The van der Waals surface area contributed by atoms with Crippen molar-refractivity contribution in [3.8, 4) is 45.3 Å². The molecule has 7 aromatic carbocycles. The molecule has 0 amide bonds. The third kappa shape index (κ3) is 5.45. The minimum atomic E-state index is -3.28. The molecule has 0 fully saturated rings. The predicted molar refractivity (Wildman–Crippen MR) is 209 cm³/mol. The molecule has 5 nitrogen and oxygen atoms in total. The minimum absolute atomic E-state index is 0.585. The molecule has 242 valence electrons. The van der Waals surface area contributed by atoms with Crippen LogP contribution in [0.5, 0.6) is 0 Å². The Labute approximate surface area is 297 Å². The van der Waals surface area contributed by atoms with Gasteiger partial charge < -0.3 is 9.46 Å². The van der Waals surface area contributed by atoms with Crippen LogP contribution in [0.1, 0.15) is 0 Å². The van der Waals surface area contributed by atoms with Gasteiger partial charge in [-0.2, -0.15) is 0 Å². The fourth-order valence-electron chi connectivity index (χ4n) is 6.87. The van der Waals surface area contributed by atoms with Crippen molar-refractivity contribution in [2.75, 3.05) is 4.90 Å². The first-order chi connectivity index (χ1) is 25.2. The number of aromatic nitrogens is 3. The normalized spacial score (nSPS) is 14.8. The smallest absolute Gasteiger partial charge is 0.175 e. The molecule has 1 aliphatic rings. The highest BCUT2D eigenvalue weighted by molar-refractivity contribution is 7.86. The first-order valence-electron chi connectivity index (χ1n) is 16.9. The zero-order valence-corrected chi connectivity index (χ0v) is 28.4. The lowest BCUT2D eigenvalue weighted by Crippen LogP contribution is -2.36. The third-order valence-electron chi connectivity index (χ3n) is 9.31. The van der Waals surface area contributed by atoms with E-state index in [0.717, 1.165) is 60.8 Å². The maximum absolute atomic E-state index is 15.8. The van der Waals surface area contributed by atoms with E-state index in [1.165, 1.54) is 0 Å². The fraction of sp³-hybridized carbons (Fsp3) is 0. The Bertz CT molecular complexity index is 2500. The lowest BCUT2D eigenvalue weighted by Gasteiger charge is -2.38. The second-order valence-corrected chi connectivity index (χ2v) is 15.1. The summed E-state index contributed by atoms with van der Waals surface area (Å²) in [4.78, 5) is 17.0. The molecule has 51 heavy (non-hydrogen) atoms. The number of fused-ring (bicyclic) bond motifs is 2. The van der Waals surface area contributed by atoms with Crippen LogP contribution in [-0.2, 0) is 4.57 Å². The van der Waals surface area contributed by atoms with E-state index in [1.54, 1.807) is 0 Å². The molecule has 0 spiro atoms. The Morgan fingerprint density at radius 2 is 0.843 bits per heavy atom. The third-order valence-corrected chi connectivity index (χ3v) is 12.4. The lowest BCUT2D eigenvalue weighted by atomic mass is 10.0. The van der Waals surface area contributed by atoms with E-state index in [9.17, 15) is 0 Å². The largest absolute Gasteiger partial charge is 0.309 e. The van der Waals surface area contributed by atoms with Crippen molar-refractivity contribution in [1.29, 1.82) is 0 Å². The van der Waals surface area contributed by atoms with Crippen LogP contribution < -0.4 is 20.8 Å². The van der Waals surface area contributed by atoms with Gasteiger partial charge in [0, 0.05) is 38.3 Å². The molecule has 0 bridgehead atoms. The average molecular weight is 675 g/mol. The first kappa shape index (κ1) is 30.6. The van der Waals surface area contributed by atoms with E-state index >= 15 is 4.57 Å². The minimum Gasteiger partial charge on any atom is -0.309 e. The zero-order valence-electron chi connectivity index (χ0n) is 27.5. The number of benzene rings is 7. The Balaban J connectivity index is 1.22. The van der Waals surface area contributed by atoms with Crippen LogP contribution in [-0.4, -0.2) is 15.0 Å². The lowest BCUT2D eigenvalue weighted by molar-refractivity contribution is 0.592. The summed E-state index contributed by atoms with van der Waals surface area (Å²) in [5.74, 6) is 1.81. The highest BCUT2D eigenvalue weighted by atomic mass is 31.2. The average Bonchev–Trinajstić information content (AvgIpc) is 3.22. The molecular weight excluding hydrogens is 643 g/mol. The van der Waals surface area contributed by atoms with E-state index in [1.807, 2.05) is 140 Å². The van der Waals surface area contributed by atoms with Gasteiger partial charge in [0.25, 0.3) is 0 Å². The van der Waals surface area contributed by atoms with Crippen molar-refractivity contribution in [2.45, 2.75) is 0 Å². The molecule has 6 heteroatoms. The van der Waals surface area contributed by atoms with Gasteiger partial charge in [0.15, 0.2) is 24.6 Å². The van der Waals surface area contributed by atoms with Gasteiger partial charge in [0.2, 0.25) is 0 Å². The summed E-state index contributed by atoms with van der Waals surface area (Å²) in [6.45, 7) is 0. The second-order valence-electron chi connectivity index (χ2n) is 12.4. The molecule has 9 rings (SSSR count). The molecular formula is C45H31N4OP. The molecule has 0 aliphatic carbocycles. The summed E-state index contributed by atoms with van der Waals surface area (Å²) in [7, 11) is -3.28. The van der Waals surface area contributed by atoms with Crippen molar-refractivity contribution >= 4 is 40.1 Å². The standard InChI is InChI=1S/C45H31N4OP/c50-51(38-24-11-4-12-25-38)41-27-14-13-26-39(41)49(37-22-9-3-10-23-37)40-29-28-35(31-42(40)51)34-20-15-21-36(30-34)45-47-43(32-16-5-1-6-17-32)46-44(48-45)33-18-7-2-8-19-33/h1-31H. The van der Waals surface area contributed by atoms with Gasteiger partial charge in [0.05, 0.1) is 11.4 Å². The van der Waals surface area contributed by atoms with Crippen LogP contribution in [0.2, 0.25) is 0 Å². The fourth-order valence-corrected chi connectivity index (χ4v) is 9.89. The maximum Gasteiger partial charge on any atom is 0.175 e. The van der Waals surface area contributed by atoms with Gasteiger partial charge >= 0.3 is 0 Å². The Morgan fingerprint density at radius 1 is 0.373 bits per heavy atom. The van der Waals surface area contributed by atoms with E-state index < -0.39 is 7.14 Å². The van der Waals surface area contributed by atoms with E-state index in [-0.39, 0.29) is 0 Å². The van der Waals surface area contributed by atoms with Crippen LogP contribution in [0, 0.1) is 0 Å². The number of rotatable bonds is 6. The van der Waals surface area contributed by atoms with Gasteiger partial charge in [0.1, 0.15) is 0 Å². The summed E-state index contributed by atoms with van der Waals surface area (Å²) >= 11 is 0. The van der Waals surface area contributed by atoms with Gasteiger partial charge in [-0.15, -0.1) is 0 Å². The second kappa shape index (κ2) is 12.8. The van der Waals surface area contributed by atoms with Crippen LogP contribution in [0.4, 0.5) is 17.1 Å². The van der Waals surface area contributed by atoms with Crippen molar-refractivity contribution in [1.82, 2.24) is 15.0 Å². The Kier molecular flexibility index (Phi) is 7.68. The molecule has 1 aromatic heterocycles. The van der Waals surface area contributed by atoms with Crippen LogP contribution in [0.3, 0.4) is 0 Å². The summed E-state index contributed by atoms with van der Waals surface area (Å²) in [6.07, 6.45) is 0. The van der Waals surface area contributed by atoms with Crippen molar-refractivity contribution in [3.05, 3.63) is 188 Å². The monoisotopic (exact) mass is 674 g/mol. The van der Waals surface area contributed by atoms with Gasteiger partial charge in [-0.1, -0.05) is 146 Å². The SMILES string of the molecule is O=P1(c2ccccc2)c2ccccc2N(c2ccccc2)c2ccc(-c3cccc(-c4nc(-c5ccccc5)nc(-c5ccccc5)n4)c3)cc21. The predicted octanol–water partition coefficient (Wildman–Crippen LogP) is 9.96. The summed E-state index contributed by atoms with van der Waals surface area (Å²) in [5.41, 5.74) is 7.49. The number of anilines is 3. The van der Waals surface area contributed by atoms with Gasteiger partial charge in [-0.3, -0.25) is 0 Å². The van der Waals surface area contributed by atoms with Crippen LogP contribution in [0.15, 0.2) is 188 Å². The highest BCUT2D eigenvalue weighted by Crippen LogP contribution is 2.54. The summed E-state index contributed by atoms with van der Waals surface area (Å²) in [6, 6.07) is 62.8. The van der Waals surface area contributed by atoms with Gasteiger partial charge in [-0.05, 0) is 53.6 Å². The van der Waals surface area contributed by atoms with Gasteiger partial charge in [-0.25, -0.2) is 15.0 Å². The van der Waals surface area contributed by atoms with E-state index in [4.69, 9.17) is 15.0 Å². The quantitative estimate of drug-likeness (QED) is 0.164. The Hall–Kier alpha value is -6.42. The van der Waals surface area contributed by atoms with Crippen molar-refractivity contribution < 1.29 is 4.57 Å². The molecule has 0 N–H and O–H groups in total. The molecule has 0 saturated carbocycles. The van der Waals surface area contributed by atoms with E-state index in [2.05, 4.69) is 53.4 Å². The highest BCUT2D eigenvalue weighted by Gasteiger charge is 2.41. The molecule has 2 heterocycles. The zero-order chi connectivity index (χ0) is 34.2. The summed E-state index contributed by atoms with van der Waals surface area (Å²) in [5, 5.41) is 2.44. The molecule has 0 radical (unpaired) electrons.